The first-order valence-electron chi connectivity index (χ1n) is 6.31. The number of carbonyl (C=O) groups excluding carboxylic acids is 1. The molecule has 102 valence electrons. The molecule has 0 unspecified atom stereocenters. The molecule has 1 N–H and O–H groups in total. The lowest BCUT2D eigenvalue weighted by Gasteiger charge is -2.05. The van der Waals surface area contributed by atoms with E-state index in [0.29, 0.717) is 6.61 Å². The first-order chi connectivity index (χ1) is 9.13. The average Bonchev–Trinajstić information content (AvgIpc) is 2.42. The van der Waals surface area contributed by atoms with Gasteiger partial charge in [-0.25, -0.2) is 4.79 Å². The van der Waals surface area contributed by atoms with Gasteiger partial charge in [0.1, 0.15) is 5.75 Å². The van der Waals surface area contributed by atoms with E-state index < -0.39 is 11.8 Å². The number of carboxylic acid groups (broad SMARTS) is 1. The van der Waals surface area contributed by atoms with Crippen LogP contribution in [0.15, 0.2) is 30.3 Å². The highest BCUT2D eigenvalue weighted by molar-refractivity contribution is 6.38. The smallest absolute Gasteiger partial charge is 0.376 e. The summed E-state index contributed by atoms with van der Waals surface area (Å²) in [4.78, 5) is 21.2. The summed E-state index contributed by atoms with van der Waals surface area (Å²) < 4.78 is 5.54. The standard InChI is InChI=1S/C15H18O4/c1-2-3-4-11-19-13-8-5-12(6-9-13)7-10-14(16)15(17)18/h5-10H,2-4,11H2,1H3,(H,17,18)/b10-7+. The highest BCUT2D eigenvalue weighted by atomic mass is 16.5. The van der Waals surface area contributed by atoms with E-state index in [1.165, 1.54) is 6.08 Å². The van der Waals surface area contributed by atoms with E-state index in [1.54, 1.807) is 24.3 Å². The molecule has 0 heterocycles. The van der Waals surface area contributed by atoms with Crippen molar-refractivity contribution in [2.24, 2.45) is 0 Å². The van der Waals surface area contributed by atoms with E-state index >= 15 is 0 Å². The van der Waals surface area contributed by atoms with Crippen LogP contribution in [-0.2, 0) is 9.59 Å². The van der Waals surface area contributed by atoms with Gasteiger partial charge in [-0.2, -0.15) is 0 Å². The Kier molecular flexibility index (Phi) is 6.36. The average molecular weight is 262 g/mol. The van der Waals surface area contributed by atoms with Crippen molar-refractivity contribution in [3.8, 4) is 5.75 Å². The fraction of sp³-hybridized carbons (Fsp3) is 0.333. The number of rotatable bonds is 8. The number of hydrogen-bond donors (Lipinski definition) is 1. The summed E-state index contributed by atoms with van der Waals surface area (Å²) in [7, 11) is 0. The SMILES string of the molecule is CCCCCOc1ccc(/C=C/C(=O)C(=O)O)cc1. The zero-order valence-electron chi connectivity index (χ0n) is 11.0. The number of ether oxygens (including phenoxy) is 1. The third-order valence-corrected chi connectivity index (χ3v) is 2.53. The van der Waals surface area contributed by atoms with Crippen LogP contribution in [0.25, 0.3) is 6.08 Å². The molecule has 0 saturated heterocycles. The van der Waals surface area contributed by atoms with Gasteiger partial charge in [0, 0.05) is 0 Å². The van der Waals surface area contributed by atoms with Crippen molar-refractivity contribution >= 4 is 17.8 Å². The maximum absolute atomic E-state index is 10.9. The largest absolute Gasteiger partial charge is 0.494 e. The summed E-state index contributed by atoms with van der Waals surface area (Å²) >= 11 is 0. The van der Waals surface area contributed by atoms with Crippen LogP contribution < -0.4 is 4.74 Å². The van der Waals surface area contributed by atoms with E-state index in [-0.39, 0.29) is 0 Å². The van der Waals surface area contributed by atoms with Gasteiger partial charge in [0.15, 0.2) is 0 Å². The molecule has 19 heavy (non-hydrogen) atoms. The molecule has 0 atom stereocenters. The number of ketones is 1. The van der Waals surface area contributed by atoms with Crippen molar-refractivity contribution < 1.29 is 19.4 Å². The maximum Gasteiger partial charge on any atom is 0.376 e. The molecule has 0 radical (unpaired) electrons. The van der Waals surface area contributed by atoms with E-state index in [9.17, 15) is 9.59 Å². The van der Waals surface area contributed by atoms with Crippen LogP contribution in [0, 0.1) is 0 Å². The molecule has 1 rings (SSSR count). The molecule has 0 aliphatic heterocycles. The van der Waals surface area contributed by atoms with Crippen LogP contribution in [0.1, 0.15) is 31.7 Å². The van der Waals surface area contributed by atoms with Crippen LogP contribution in [0.4, 0.5) is 0 Å². The number of aliphatic carboxylic acids is 1. The van der Waals surface area contributed by atoms with Crippen molar-refractivity contribution in [3.63, 3.8) is 0 Å². The van der Waals surface area contributed by atoms with Crippen molar-refractivity contribution in [2.75, 3.05) is 6.61 Å². The Bertz CT molecular complexity index is 446. The van der Waals surface area contributed by atoms with E-state index in [1.807, 2.05) is 0 Å². The van der Waals surface area contributed by atoms with Gasteiger partial charge >= 0.3 is 5.97 Å². The molecule has 0 fully saturated rings. The third-order valence-electron chi connectivity index (χ3n) is 2.53. The van der Waals surface area contributed by atoms with Gasteiger partial charge in [-0.15, -0.1) is 0 Å². The highest BCUT2D eigenvalue weighted by Crippen LogP contribution is 2.13. The predicted octanol–water partition coefficient (Wildman–Crippen LogP) is 2.92. The second-order valence-corrected chi connectivity index (χ2v) is 4.13. The zero-order valence-corrected chi connectivity index (χ0v) is 11.0. The van der Waals surface area contributed by atoms with Gasteiger partial charge in [0.25, 0.3) is 5.78 Å². The minimum absolute atomic E-state index is 0.695. The van der Waals surface area contributed by atoms with Gasteiger partial charge in [0.2, 0.25) is 0 Å². The first-order valence-corrected chi connectivity index (χ1v) is 6.31. The van der Waals surface area contributed by atoms with Crippen molar-refractivity contribution in [3.05, 3.63) is 35.9 Å². The Labute approximate surface area is 112 Å². The van der Waals surface area contributed by atoms with Gasteiger partial charge in [-0.3, -0.25) is 4.79 Å². The Hall–Kier alpha value is -2.10. The Morgan fingerprint density at radius 2 is 1.89 bits per heavy atom. The van der Waals surface area contributed by atoms with Crippen LogP contribution >= 0.6 is 0 Å². The third kappa shape index (κ3) is 5.86. The molecule has 0 amide bonds. The molecule has 0 saturated carbocycles. The lowest BCUT2D eigenvalue weighted by Crippen LogP contribution is -2.08. The van der Waals surface area contributed by atoms with Gasteiger partial charge in [-0.05, 0) is 30.2 Å². The number of carbonyl (C=O) groups is 2. The minimum atomic E-state index is -1.45. The normalized spacial score (nSPS) is 10.6. The van der Waals surface area contributed by atoms with Crippen molar-refractivity contribution in [2.45, 2.75) is 26.2 Å². The van der Waals surface area contributed by atoms with Gasteiger partial charge < -0.3 is 9.84 Å². The summed E-state index contributed by atoms with van der Waals surface area (Å²) in [6.45, 7) is 2.83. The molecule has 0 aliphatic carbocycles. The Morgan fingerprint density at radius 1 is 1.21 bits per heavy atom. The Morgan fingerprint density at radius 3 is 2.47 bits per heavy atom. The molecule has 4 heteroatoms. The molecular formula is C15H18O4. The first kappa shape index (κ1) is 15.0. The van der Waals surface area contributed by atoms with E-state index in [0.717, 1.165) is 36.7 Å². The fourth-order valence-electron chi connectivity index (χ4n) is 1.46. The van der Waals surface area contributed by atoms with Crippen LogP contribution in [0.2, 0.25) is 0 Å². The van der Waals surface area contributed by atoms with Crippen LogP contribution in [0.5, 0.6) is 5.75 Å². The maximum atomic E-state index is 10.9. The topological polar surface area (TPSA) is 63.6 Å². The second-order valence-electron chi connectivity index (χ2n) is 4.13. The molecule has 0 aromatic heterocycles. The number of hydrogen-bond acceptors (Lipinski definition) is 3. The fourth-order valence-corrected chi connectivity index (χ4v) is 1.46. The predicted molar refractivity (Wildman–Crippen MR) is 73.1 cm³/mol. The number of carboxylic acids is 1. The molecule has 0 bridgehead atoms. The molecule has 0 aliphatic rings. The van der Waals surface area contributed by atoms with Crippen molar-refractivity contribution in [1.29, 1.82) is 0 Å². The van der Waals surface area contributed by atoms with Crippen LogP contribution in [0.3, 0.4) is 0 Å². The number of unbranched alkanes of at least 4 members (excludes halogenated alkanes) is 2. The van der Waals surface area contributed by atoms with Gasteiger partial charge in [0.05, 0.1) is 6.61 Å². The summed E-state index contributed by atoms with van der Waals surface area (Å²) in [6, 6.07) is 7.16. The quantitative estimate of drug-likeness (QED) is 0.444. The lowest BCUT2D eigenvalue weighted by molar-refractivity contribution is -0.146. The second kappa shape index (κ2) is 8.08. The van der Waals surface area contributed by atoms with E-state index in [2.05, 4.69) is 6.92 Å². The minimum Gasteiger partial charge on any atom is -0.494 e. The highest BCUT2D eigenvalue weighted by Gasteiger charge is 2.05. The molecule has 1 aromatic rings. The molecular weight excluding hydrogens is 244 g/mol. The van der Waals surface area contributed by atoms with Crippen molar-refractivity contribution in [1.82, 2.24) is 0 Å². The molecule has 1 aromatic carbocycles. The Balaban J connectivity index is 2.47. The molecule has 4 nitrogen and oxygen atoms in total. The lowest BCUT2D eigenvalue weighted by atomic mass is 10.2. The monoisotopic (exact) mass is 262 g/mol. The molecule has 0 spiro atoms. The zero-order chi connectivity index (χ0) is 14.1. The van der Waals surface area contributed by atoms with E-state index in [4.69, 9.17) is 9.84 Å². The van der Waals surface area contributed by atoms with Gasteiger partial charge in [-0.1, -0.05) is 38.0 Å². The van der Waals surface area contributed by atoms with Crippen LogP contribution in [-0.4, -0.2) is 23.5 Å². The summed E-state index contributed by atoms with van der Waals surface area (Å²) in [6.07, 6.45) is 5.85. The summed E-state index contributed by atoms with van der Waals surface area (Å²) in [5.41, 5.74) is 0.760. The summed E-state index contributed by atoms with van der Waals surface area (Å²) in [5, 5.41) is 8.42. The summed E-state index contributed by atoms with van der Waals surface area (Å²) in [5.74, 6) is -1.61. The number of benzene rings is 1.